The van der Waals surface area contributed by atoms with E-state index in [1.807, 2.05) is 0 Å². The molecule has 4 rings (SSSR count). The van der Waals surface area contributed by atoms with E-state index in [2.05, 4.69) is 30.3 Å². The van der Waals surface area contributed by atoms with Crippen LogP contribution in [0.15, 0.2) is 53.9 Å². The molecule has 1 aromatic carbocycles. The van der Waals surface area contributed by atoms with Crippen molar-refractivity contribution in [2.24, 2.45) is 10.7 Å². The number of nitrogens with one attached hydrogen (secondary N) is 2. The van der Waals surface area contributed by atoms with E-state index in [-0.39, 0.29) is 39.7 Å². The SMILES string of the molecule is CC(O)(c1cn(-c2ccccc2F)nn1)c1cc(-c2cnc(C(F)(F)F)nc2)c(C(N)=NC=N)[nH]1. The van der Waals surface area contributed by atoms with Crippen molar-refractivity contribution in [2.45, 2.75) is 18.7 Å². The molecule has 5 N–H and O–H groups in total. The molecule has 0 bridgehead atoms. The number of aromatic amines is 1. The maximum Gasteiger partial charge on any atom is 0.451 e. The van der Waals surface area contributed by atoms with E-state index in [9.17, 15) is 22.7 Å². The molecule has 35 heavy (non-hydrogen) atoms. The van der Waals surface area contributed by atoms with Crippen molar-refractivity contribution in [1.29, 1.82) is 5.41 Å². The fourth-order valence-corrected chi connectivity index (χ4v) is 3.27. The van der Waals surface area contributed by atoms with Crippen molar-refractivity contribution < 1.29 is 22.7 Å². The molecule has 1 unspecified atom stereocenters. The van der Waals surface area contributed by atoms with Gasteiger partial charge in [0.15, 0.2) is 0 Å². The van der Waals surface area contributed by atoms with Gasteiger partial charge in [-0.2, -0.15) is 13.2 Å². The summed E-state index contributed by atoms with van der Waals surface area (Å²) in [6.45, 7) is 1.38. The van der Waals surface area contributed by atoms with E-state index < -0.39 is 23.4 Å². The van der Waals surface area contributed by atoms with Crippen LogP contribution in [0, 0.1) is 11.2 Å². The van der Waals surface area contributed by atoms with Gasteiger partial charge in [-0.25, -0.2) is 24.0 Å². The van der Waals surface area contributed by atoms with Gasteiger partial charge in [-0.3, -0.25) is 5.41 Å². The lowest BCUT2D eigenvalue weighted by molar-refractivity contribution is -0.144. The minimum absolute atomic E-state index is 0.0336. The van der Waals surface area contributed by atoms with Crippen molar-refractivity contribution in [3.05, 3.63) is 77.6 Å². The average molecular weight is 487 g/mol. The summed E-state index contributed by atoms with van der Waals surface area (Å²) in [7, 11) is 0. The zero-order valence-corrected chi connectivity index (χ0v) is 17.9. The molecule has 0 spiro atoms. The van der Waals surface area contributed by atoms with Crippen molar-refractivity contribution >= 4 is 12.2 Å². The summed E-state index contributed by atoms with van der Waals surface area (Å²) in [5, 5.41) is 26.3. The smallest absolute Gasteiger partial charge is 0.382 e. The highest BCUT2D eigenvalue weighted by Crippen LogP contribution is 2.34. The van der Waals surface area contributed by atoms with Crippen LogP contribution in [0.5, 0.6) is 0 Å². The molecular formula is C21H17F4N9O. The second-order valence-electron chi connectivity index (χ2n) is 7.48. The number of hydrogen-bond donors (Lipinski definition) is 4. The Labute approximate surface area is 194 Å². The summed E-state index contributed by atoms with van der Waals surface area (Å²) >= 11 is 0. The molecule has 0 fully saturated rings. The van der Waals surface area contributed by atoms with Crippen LogP contribution >= 0.6 is 0 Å². The van der Waals surface area contributed by atoms with E-state index in [1.54, 1.807) is 6.07 Å². The van der Waals surface area contributed by atoms with E-state index in [0.717, 1.165) is 17.1 Å². The lowest BCUT2D eigenvalue weighted by Gasteiger charge is -2.18. The van der Waals surface area contributed by atoms with Crippen molar-refractivity contribution in [2.75, 3.05) is 0 Å². The summed E-state index contributed by atoms with van der Waals surface area (Å²) in [4.78, 5) is 13.3. The molecule has 180 valence electrons. The maximum atomic E-state index is 14.1. The third kappa shape index (κ3) is 4.50. The number of rotatable bonds is 6. The number of benzene rings is 1. The van der Waals surface area contributed by atoms with Crippen LogP contribution < -0.4 is 5.73 Å². The largest absolute Gasteiger partial charge is 0.451 e. The van der Waals surface area contributed by atoms with Gasteiger partial charge in [0, 0.05) is 23.5 Å². The molecule has 10 nitrogen and oxygen atoms in total. The van der Waals surface area contributed by atoms with Crippen LogP contribution in [-0.4, -0.2) is 47.2 Å². The second kappa shape index (κ2) is 8.72. The topological polar surface area (TPSA) is 155 Å². The Hall–Kier alpha value is -4.46. The number of aliphatic hydroxyl groups is 1. The first-order valence-electron chi connectivity index (χ1n) is 9.88. The predicted molar refractivity (Wildman–Crippen MR) is 116 cm³/mol. The van der Waals surface area contributed by atoms with E-state index in [0.29, 0.717) is 6.34 Å². The number of amidine groups is 1. The first-order chi connectivity index (χ1) is 16.5. The van der Waals surface area contributed by atoms with Gasteiger partial charge in [-0.1, -0.05) is 17.3 Å². The standard InChI is InChI=1S/C21H17F4N9O/c1-20(35,16-9-34(33-32-16)14-5-3-2-4-13(14)22)15-6-12(17(31-15)18(27)30-10-26)11-7-28-19(29-8-11)21(23,24)25/h2-10,31,35H,1H3,(H3,26,27,30). The zero-order chi connectivity index (χ0) is 25.4. The maximum absolute atomic E-state index is 14.1. The molecule has 0 amide bonds. The van der Waals surface area contributed by atoms with Crippen LogP contribution in [0.1, 0.15) is 29.8 Å². The van der Waals surface area contributed by atoms with Gasteiger partial charge in [-0.05, 0) is 25.1 Å². The third-order valence-corrected chi connectivity index (χ3v) is 5.11. The first-order valence-corrected chi connectivity index (χ1v) is 9.88. The van der Waals surface area contributed by atoms with Crippen molar-refractivity contribution in [3.8, 4) is 16.8 Å². The highest BCUT2D eigenvalue weighted by Gasteiger charge is 2.35. The quantitative estimate of drug-likeness (QED) is 0.186. The molecule has 3 aromatic heterocycles. The zero-order valence-electron chi connectivity index (χ0n) is 17.9. The molecule has 0 aliphatic carbocycles. The Kier molecular flexibility index (Phi) is 5.90. The monoisotopic (exact) mass is 487 g/mol. The van der Waals surface area contributed by atoms with Gasteiger partial charge in [0.25, 0.3) is 0 Å². The summed E-state index contributed by atoms with van der Waals surface area (Å²) in [5.41, 5.74) is 4.83. The van der Waals surface area contributed by atoms with Gasteiger partial charge in [-0.15, -0.1) is 5.10 Å². The van der Waals surface area contributed by atoms with Crippen LogP contribution in [0.2, 0.25) is 0 Å². The normalized spacial score (nSPS) is 14.1. The van der Waals surface area contributed by atoms with Crippen molar-refractivity contribution in [3.63, 3.8) is 0 Å². The van der Waals surface area contributed by atoms with Gasteiger partial charge in [0.05, 0.1) is 17.6 Å². The lowest BCUT2D eigenvalue weighted by atomic mass is 9.98. The van der Waals surface area contributed by atoms with E-state index in [4.69, 9.17) is 11.1 Å². The Morgan fingerprint density at radius 2 is 1.91 bits per heavy atom. The number of hydrogen-bond acceptors (Lipinski definition) is 6. The minimum Gasteiger partial charge on any atom is -0.382 e. The van der Waals surface area contributed by atoms with E-state index in [1.165, 1.54) is 37.4 Å². The first kappa shape index (κ1) is 23.7. The molecule has 0 saturated carbocycles. The fraction of sp³-hybridized carbons (Fsp3) is 0.143. The molecule has 0 aliphatic rings. The molecule has 14 heteroatoms. The Bertz CT molecular complexity index is 1400. The number of nitrogens with two attached hydrogens (primary N) is 1. The highest BCUT2D eigenvalue weighted by atomic mass is 19.4. The number of para-hydroxylation sites is 1. The number of aromatic nitrogens is 6. The third-order valence-electron chi connectivity index (χ3n) is 5.11. The Balaban J connectivity index is 1.78. The predicted octanol–water partition coefficient (Wildman–Crippen LogP) is 2.78. The van der Waals surface area contributed by atoms with Gasteiger partial charge >= 0.3 is 6.18 Å². The molecule has 0 aliphatic heterocycles. The molecule has 0 radical (unpaired) electrons. The summed E-state index contributed by atoms with van der Waals surface area (Å²) < 4.78 is 53.9. The number of alkyl halides is 3. The summed E-state index contributed by atoms with van der Waals surface area (Å²) in [6, 6.07) is 7.26. The highest BCUT2D eigenvalue weighted by molar-refractivity contribution is 6.04. The van der Waals surface area contributed by atoms with Crippen LogP contribution in [-0.2, 0) is 11.8 Å². The van der Waals surface area contributed by atoms with Gasteiger partial charge in [0.2, 0.25) is 5.82 Å². The number of nitrogens with zero attached hydrogens (tertiary/aromatic N) is 6. The summed E-state index contributed by atoms with van der Waals surface area (Å²) in [6.07, 6.45) is -0.810. The molecular weight excluding hydrogens is 470 g/mol. The second-order valence-corrected chi connectivity index (χ2v) is 7.48. The van der Waals surface area contributed by atoms with Crippen molar-refractivity contribution in [1.82, 2.24) is 29.9 Å². The van der Waals surface area contributed by atoms with Crippen LogP contribution in [0.25, 0.3) is 16.8 Å². The Morgan fingerprint density at radius 3 is 2.54 bits per heavy atom. The van der Waals surface area contributed by atoms with Gasteiger partial charge < -0.3 is 15.8 Å². The fourth-order valence-electron chi connectivity index (χ4n) is 3.27. The Morgan fingerprint density at radius 1 is 1.23 bits per heavy atom. The molecule has 3 heterocycles. The molecule has 0 saturated heterocycles. The average Bonchev–Trinajstić information content (AvgIpc) is 3.48. The minimum atomic E-state index is -4.72. The van der Waals surface area contributed by atoms with Crippen LogP contribution in [0.3, 0.4) is 0 Å². The number of aliphatic imine (C=N–C) groups is 1. The van der Waals surface area contributed by atoms with E-state index >= 15 is 0 Å². The van der Waals surface area contributed by atoms with Crippen LogP contribution in [0.4, 0.5) is 17.6 Å². The van der Waals surface area contributed by atoms with Gasteiger partial charge in [0.1, 0.15) is 35.0 Å². The number of halogens is 4. The summed E-state index contributed by atoms with van der Waals surface area (Å²) in [5.74, 6) is -2.05. The lowest BCUT2D eigenvalue weighted by Crippen LogP contribution is -2.24. The molecule has 4 aromatic rings. The number of H-pyrrole nitrogens is 1. The molecule has 1 atom stereocenters.